The van der Waals surface area contributed by atoms with Crippen LogP contribution in [-0.4, -0.2) is 44.8 Å². The molecule has 1 N–H and O–H groups in total. The molecule has 0 spiro atoms. The maximum atomic E-state index is 13.4. The van der Waals surface area contributed by atoms with Crippen LogP contribution < -0.4 is 5.32 Å². The zero-order valence-corrected chi connectivity index (χ0v) is 16.4. The first kappa shape index (κ1) is 19.6. The molecule has 0 saturated heterocycles. The highest BCUT2D eigenvalue weighted by molar-refractivity contribution is 7.13. The zero-order valence-electron chi connectivity index (χ0n) is 15.6. The third kappa shape index (κ3) is 5.18. The van der Waals surface area contributed by atoms with Crippen LogP contribution in [-0.2, 0) is 11.3 Å². The van der Waals surface area contributed by atoms with Gasteiger partial charge in [-0.25, -0.2) is 23.7 Å². The van der Waals surface area contributed by atoms with Crippen molar-refractivity contribution in [2.45, 2.75) is 58.0 Å². The van der Waals surface area contributed by atoms with Gasteiger partial charge in [0.1, 0.15) is 5.82 Å². The summed E-state index contributed by atoms with van der Waals surface area (Å²) in [4.78, 5) is 26.6. The Bertz CT molecular complexity index is 816. The van der Waals surface area contributed by atoms with Crippen LogP contribution in [0, 0.1) is 6.92 Å². The summed E-state index contributed by atoms with van der Waals surface area (Å²) in [5, 5.41) is 5.88. The van der Waals surface area contributed by atoms with Crippen molar-refractivity contribution in [2.24, 2.45) is 0 Å². The van der Waals surface area contributed by atoms with Gasteiger partial charge in [-0.15, -0.1) is 11.3 Å². The molecule has 0 unspecified atom stereocenters. The number of halogens is 2. The van der Waals surface area contributed by atoms with Crippen molar-refractivity contribution < 1.29 is 13.6 Å². The molecule has 1 amide bonds. The molecule has 1 fully saturated rings. The smallest absolute Gasteiger partial charge is 0.248 e. The molecular weight excluding hydrogens is 372 g/mol. The monoisotopic (exact) mass is 395 g/mol. The van der Waals surface area contributed by atoms with Gasteiger partial charge < -0.3 is 10.2 Å². The second-order valence-corrected chi connectivity index (χ2v) is 7.87. The van der Waals surface area contributed by atoms with Crippen molar-refractivity contribution in [1.29, 1.82) is 0 Å². The molecule has 9 heteroatoms. The SMILES string of the molecule is CC(=O)N(C)Cc1cc(NC2CCC(F)(F)CC2)nc(-c2nc(C)cs2)n1. The Morgan fingerprint density at radius 3 is 2.63 bits per heavy atom. The lowest BCUT2D eigenvalue weighted by molar-refractivity contribution is -0.128. The number of nitrogens with one attached hydrogen (secondary N) is 1. The normalized spacial score (nSPS) is 16.9. The molecule has 0 bridgehead atoms. The lowest BCUT2D eigenvalue weighted by Crippen LogP contribution is -2.32. The van der Waals surface area contributed by atoms with E-state index in [0.717, 1.165) is 5.69 Å². The van der Waals surface area contributed by atoms with Gasteiger partial charge in [0.05, 0.1) is 12.2 Å². The van der Waals surface area contributed by atoms with E-state index in [1.807, 2.05) is 12.3 Å². The molecule has 0 aliphatic heterocycles. The molecule has 0 aromatic carbocycles. The average Bonchev–Trinajstić information content (AvgIpc) is 3.03. The van der Waals surface area contributed by atoms with Crippen molar-refractivity contribution in [3.63, 3.8) is 0 Å². The average molecular weight is 395 g/mol. The highest BCUT2D eigenvalue weighted by atomic mass is 32.1. The lowest BCUT2D eigenvalue weighted by Gasteiger charge is -2.29. The van der Waals surface area contributed by atoms with E-state index in [9.17, 15) is 13.6 Å². The number of aryl methyl sites for hydroxylation is 1. The number of nitrogens with zero attached hydrogens (tertiary/aromatic N) is 4. The van der Waals surface area contributed by atoms with Crippen LogP contribution >= 0.6 is 11.3 Å². The predicted molar refractivity (Wildman–Crippen MR) is 101 cm³/mol. The minimum Gasteiger partial charge on any atom is -0.367 e. The van der Waals surface area contributed by atoms with E-state index in [-0.39, 0.29) is 24.8 Å². The van der Waals surface area contributed by atoms with Crippen molar-refractivity contribution in [1.82, 2.24) is 19.9 Å². The van der Waals surface area contributed by atoms with Crippen LogP contribution in [0.4, 0.5) is 14.6 Å². The maximum absolute atomic E-state index is 13.4. The van der Waals surface area contributed by atoms with Gasteiger partial charge in [0, 0.05) is 50.0 Å². The maximum Gasteiger partial charge on any atom is 0.248 e. The molecule has 6 nitrogen and oxygen atoms in total. The molecule has 0 radical (unpaired) electrons. The summed E-state index contributed by atoms with van der Waals surface area (Å²) < 4.78 is 26.8. The van der Waals surface area contributed by atoms with Crippen LogP contribution in [0.1, 0.15) is 44.0 Å². The lowest BCUT2D eigenvalue weighted by atomic mass is 9.92. The number of carbonyl (C=O) groups is 1. The van der Waals surface area contributed by atoms with Crippen LogP contribution in [0.2, 0.25) is 0 Å². The van der Waals surface area contributed by atoms with E-state index < -0.39 is 5.92 Å². The first-order chi connectivity index (χ1) is 12.7. The summed E-state index contributed by atoms with van der Waals surface area (Å²) in [5.41, 5.74) is 1.56. The van der Waals surface area contributed by atoms with Gasteiger partial charge >= 0.3 is 0 Å². The molecular formula is C18H23F2N5OS. The van der Waals surface area contributed by atoms with Crippen LogP contribution in [0.25, 0.3) is 10.8 Å². The van der Waals surface area contributed by atoms with Gasteiger partial charge in [-0.2, -0.15) is 0 Å². The number of hydrogen-bond acceptors (Lipinski definition) is 6. The molecule has 3 rings (SSSR count). The molecule has 1 aliphatic carbocycles. The minimum absolute atomic E-state index is 0.0520. The Kier molecular flexibility index (Phi) is 5.69. The van der Waals surface area contributed by atoms with Crippen LogP contribution in [0.15, 0.2) is 11.4 Å². The second-order valence-electron chi connectivity index (χ2n) is 7.01. The largest absolute Gasteiger partial charge is 0.367 e. The number of rotatable bonds is 5. The molecule has 2 heterocycles. The van der Waals surface area contributed by atoms with E-state index in [4.69, 9.17) is 0 Å². The Morgan fingerprint density at radius 2 is 2.04 bits per heavy atom. The number of hydrogen-bond donors (Lipinski definition) is 1. The second kappa shape index (κ2) is 7.84. The third-order valence-corrected chi connectivity index (χ3v) is 5.55. The first-order valence-electron chi connectivity index (χ1n) is 8.88. The van der Waals surface area contributed by atoms with Gasteiger partial charge in [0.25, 0.3) is 0 Å². The van der Waals surface area contributed by atoms with Gasteiger partial charge in [-0.1, -0.05) is 0 Å². The van der Waals surface area contributed by atoms with E-state index in [1.165, 1.54) is 18.3 Å². The molecule has 0 atom stereocenters. The van der Waals surface area contributed by atoms with E-state index >= 15 is 0 Å². The van der Waals surface area contributed by atoms with Gasteiger partial charge in [-0.3, -0.25) is 4.79 Å². The van der Waals surface area contributed by atoms with E-state index in [2.05, 4.69) is 20.3 Å². The summed E-state index contributed by atoms with van der Waals surface area (Å²) in [6, 6.07) is 1.72. The fraction of sp³-hybridized carbons (Fsp3) is 0.556. The Balaban J connectivity index is 1.84. The molecule has 27 heavy (non-hydrogen) atoms. The Hall–Kier alpha value is -2.16. The summed E-state index contributed by atoms with van der Waals surface area (Å²) in [5.74, 6) is -1.58. The number of anilines is 1. The number of aromatic nitrogens is 3. The van der Waals surface area contributed by atoms with Crippen molar-refractivity contribution in [3.05, 3.63) is 22.8 Å². The molecule has 2 aromatic rings. The molecule has 2 aromatic heterocycles. The number of carbonyl (C=O) groups excluding carboxylic acids is 1. The van der Waals surface area contributed by atoms with Crippen molar-refractivity contribution in [3.8, 4) is 10.8 Å². The third-order valence-electron chi connectivity index (χ3n) is 4.60. The summed E-state index contributed by atoms with van der Waals surface area (Å²) >= 11 is 1.45. The predicted octanol–water partition coefficient (Wildman–Crippen LogP) is 3.88. The summed E-state index contributed by atoms with van der Waals surface area (Å²) in [7, 11) is 1.70. The standard InChI is InChI=1S/C18H23F2N5OS/c1-11-10-27-17(21-11)16-23-14(9-25(3)12(2)26)8-15(24-16)22-13-4-6-18(19,20)7-5-13/h8,10,13H,4-7,9H2,1-3H3,(H,22,23,24). The fourth-order valence-corrected chi connectivity index (χ4v) is 3.68. The van der Waals surface area contributed by atoms with E-state index in [1.54, 1.807) is 18.0 Å². The fourth-order valence-electron chi connectivity index (χ4n) is 2.95. The summed E-state index contributed by atoms with van der Waals surface area (Å²) in [6.45, 7) is 3.73. The van der Waals surface area contributed by atoms with Crippen LogP contribution in [0.3, 0.4) is 0 Å². The number of amides is 1. The van der Waals surface area contributed by atoms with E-state index in [0.29, 0.717) is 41.7 Å². The van der Waals surface area contributed by atoms with Crippen molar-refractivity contribution >= 4 is 23.1 Å². The summed E-state index contributed by atoms with van der Waals surface area (Å²) in [6.07, 6.45) is 0.555. The molecule has 146 valence electrons. The molecule has 1 aliphatic rings. The van der Waals surface area contributed by atoms with Crippen molar-refractivity contribution in [2.75, 3.05) is 12.4 Å². The number of alkyl halides is 2. The zero-order chi connectivity index (χ0) is 19.6. The number of thiazole rings is 1. The Morgan fingerprint density at radius 1 is 1.33 bits per heavy atom. The topological polar surface area (TPSA) is 71.0 Å². The van der Waals surface area contributed by atoms with Gasteiger partial charge in [0.2, 0.25) is 11.8 Å². The molecule has 1 saturated carbocycles. The van der Waals surface area contributed by atoms with Gasteiger partial charge in [-0.05, 0) is 19.8 Å². The highest BCUT2D eigenvalue weighted by Crippen LogP contribution is 2.34. The minimum atomic E-state index is -2.57. The van der Waals surface area contributed by atoms with Gasteiger partial charge in [0.15, 0.2) is 10.8 Å². The highest BCUT2D eigenvalue weighted by Gasteiger charge is 2.35. The quantitative estimate of drug-likeness (QED) is 0.832. The Labute approximate surface area is 161 Å². The van der Waals surface area contributed by atoms with Crippen LogP contribution in [0.5, 0.6) is 0 Å². The first-order valence-corrected chi connectivity index (χ1v) is 9.76.